The average Bonchev–Trinajstić information content (AvgIpc) is 2.99. The van der Waals surface area contributed by atoms with E-state index in [1.807, 2.05) is 20.8 Å². The minimum atomic E-state index is -0.400. The second-order valence-corrected chi connectivity index (χ2v) is 5.89. The predicted octanol–water partition coefficient (Wildman–Crippen LogP) is 2.67. The van der Waals surface area contributed by atoms with Crippen LogP contribution < -0.4 is 11.2 Å². The fourth-order valence-corrected chi connectivity index (χ4v) is 2.76. The van der Waals surface area contributed by atoms with Crippen LogP contribution in [0.4, 0.5) is 0 Å². The van der Waals surface area contributed by atoms with E-state index in [4.69, 9.17) is 11.6 Å². The Morgan fingerprint density at radius 1 is 1.33 bits per heavy atom. The first-order valence-electron chi connectivity index (χ1n) is 6.46. The topological polar surface area (TPSA) is 54.9 Å². The zero-order valence-electron chi connectivity index (χ0n) is 11.0. The van der Waals surface area contributed by atoms with Crippen molar-refractivity contribution >= 4 is 11.6 Å². The lowest BCUT2D eigenvalue weighted by Gasteiger charge is -2.16. The van der Waals surface area contributed by atoms with Crippen molar-refractivity contribution in [1.29, 1.82) is 0 Å². The highest BCUT2D eigenvalue weighted by molar-refractivity contribution is 6.30. The van der Waals surface area contributed by atoms with Gasteiger partial charge in [0.05, 0.1) is 5.56 Å². The first kappa shape index (κ1) is 13.4. The Morgan fingerprint density at radius 3 is 2.44 bits per heavy atom. The number of halogens is 1. The van der Waals surface area contributed by atoms with Crippen molar-refractivity contribution in [2.24, 2.45) is 5.92 Å². The molecule has 1 saturated carbocycles. The van der Waals surface area contributed by atoms with Gasteiger partial charge in [0.2, 0.25) is 0 Å². The molecule has 1 fully saturated rings. The molecular weight excluding hydrogens is 252 g/mol. The summed E-state index contributed by atoms with van der Waals surface area (Å²) in [5.74, 6) is 0.672. The molecule has 1 aliphatic rings. The summed E-state index contributed by atoms with van der Waals surface area (Å²) in [4.78, 5) is 26.8. The molecule has 0 saturated heterocycles. The summed E-state index contributed by atoms with van der Waals surface area (Å²) in [6.45, 7) is 5.72. The number of aromatic nitrogens is 2. The maximum atomic E-state index is 12.4. The molecule has 100 valence electrons. The quantitative estimate of drug-likeness (QED) is 0.855. The van der Waals surface area contributed by atoms with E-state index in [2.05, 4.69) is 4.98 Å². The number of aromatic amines is 1. The van der Waals surface area contributed by atoms with Crippen LogP contribution in [-0.2, 0) is 0 Å². The molecule has 1 aromatic rings. The maximum Gasteiger partial charge on any atom is 0.329 e. The summed E-state index contributed by atoms with van der Waals surface area (Å²) in [5.41, 5.74) is -0.145. The Balaban J connectivity index is 2.48. The van der Waals surface area contributed by atoms with Crippen molar-refractivity contribution in [2.45, 2.75) is 52.0 Å². The molecule has 18 heavy (non-hydrogen) atoms. The van der Waals surface area contributed by atoms with E-state index in [0.29, 0.717) is 11.5 Å². The third-order valence-electron chi connectivity index (χ3n) is 3.51. The largest absolute Gasteiger partial charge is 0.329 e. The molecule has 1 aliphatic carbocycles. The van der Waals surface area contributed by atoms with Crippen molar-refractivity contribution in [2.75, 3.05) is 0 Å². The van der Waals surface area contributed by atoms with Gasteiger partial charge < -0.3 is 0 Å². The molecule has 4 nitrogen and oxygen atoms in total. The van der Waals surface area contributed by atoms with Gasteiger partial charge in [0.1, 0.15) is 5.15 Å². The number of nitrogens with one attached hydrogen (secondary N) is 1. The molecule has 1 heterocycles. The lowest BCUT2D eigenvalue weighted by atomic mass is 10.1. The SMILES string of the molecule is CC(C)c1c(Cl)[nH]c(=O)n(C(C)CC2CC2)c1=O. The standard InChI is InChI=1S/C13H19ClN2O2/c1-7(2)10-11(14)15-13(18)16(12(10)17)8(3)6-9-4-5-9/h7-9H,4-6H2,1-3H3,(H,15,18). The van der Waals surface area contributed by atoms with E-state index in [1.54, 1.807) is 0 Å². The van der Waals surface area contributed by atoms with Gasteiger partial charge in [-0.1, -0.05) is 38.3 Å². The van der Waals surface area contributed by atoms with Crippen LogP contribution in [0.2, 0.25) is 5.15 Å². The number of H-pyrrole nitrogens is 1. The van der Waals surface area contributed by atoms with Crippen molar-refractivity contribution in [3.05, 3.63) is 31.6 Å². The molecule has 1 aromatic heterocycles. The minimum Gasteiger partial charge on any atom is -0.297 e. The fourth-order valence-electron chi connectivity index (χ4n) is 2.38. The van der Waals surface area contributed by atoms with Gasteiger partial charge in [-0.05, 0) is 25.2 Å². The smallest absolute Gasteiger partial charge is 0.297 e. The zero-order valence-corrected chi connectivity index (χ0v) is 11.8. The van der Waals surface area contributed by atoms with E-state index in [1.165, 1.54) is 17.4 Å². The summed E-state index contributed by atoms with van der Waals surface area (Å²) < 4.78 is 1.32. The van der Waals surface area contributed by atoms with Gasteiger partial charge in [0, 0.05) is 6.04 Å². The average molecular weight is 271 g/mol. The molecule has 5 heteroatoms. The molecule has 0 aromatic carbocycles. The highest BCUT2D eigenvalue weighted by Crippen LogP contribution is 2.36. The Kier molecular flexibility index (Phi) is 3.66. The minimum absolute atomic E-state index is 0.00113. The number of rotatable bonds is 4. The van der Waals surface area contributed by atoms with Gasteiger partial charge in [-0.2, -0.15) is 0 Å². The molecule has 0 bridgehead atoms. The zero-order chi connectivity index (χ0) is 13.4. The third kappa shape index (κ3) is 2.53. The van der Waals surface area contributed by atoms with E-state index >= 15 is 0 Å². The van der Waals surface area contributed by atoms with Crippen LogP contribution in [0.3, 0.4) is 0 Å². The highest BCUT2D eigenvalue weighted by Gasteiger charge is 2.26. The normalized spacial score (nSPS) is 17.2. The van der Waals surface area contributed by atoms with Crippen LogP contribution in [0.5, 0.6) is 0 Å². The summed E-state index contributed by atoms with van der Waals surface area (Å²) in [6, 6.07) is -0.0662. The first-order valence-corrected chi connectivity index (χ1v) is 6.83. The van der Waals surface area contributed by atoms with Gasteiger partial charge >= 0.3 is 5.69 Å². The molecule has 1 atom stereocenters. The molecule has 0 spiro atoms. The Hall–Kier alpha value is -1.03. The van der Waals surface area contributed by atoms with Gasteiger partial charge in [0.15, 0.2) is 0 Å². The summed E-state index contributed by atoms with van der Waals surface area (Å²) in [6.07, 6.45) is 3.31. The molecule has 1 unspecified atom stereocenters. The van der Waals surface area contributed by atoms with Crippen LogP contribution in [0, 0.1) is 5.92 Å². The number of hydrogen-bond acceptors (Lipinski definition) is 2. The second kappa shape index (κ2) is 4.92. The van der Waals surface area contributed by atoms with Crippen molar-refractivity contribution < 1.29 is 0 Å². The van der Waals surface area contributed by atoms with Crippen LogP contribution in [-0.4, -0.2) is 9.55 Å². The summed E-state index contributed by atoms with van der Waals surface area (Å²) >= 11 is 5.96. The van der Waals surface area contributed by atoms with Gasteiger partial charge in [0.25, 0.3) is 5.56 Å². The van der Waals surface area contributed by atoms with Crippen LogP contribution in [0.15, 0.2) is 9.59 Å². The summed E-state index contributed by atoms with van der Waals surface area (Å²) in [5, 5.41) is 0.176. The molecule has 0 amide bonds. The highest BCUT2D eigenvalue weighted by atomic mass is 35.5. The lowest BCUT2D eigenvalue weighted by molar-refractivity contribution is 0.442. The van der Waals surface area contributed by atoms with E-state index in [-0.39, 0.29) is 22.7 Å². The lowest BCUT2D eigenvalue weighted by Crippen LogP contribution is -2.39. The van der Waals surface area contributed by atoms with E-state index < -0.39 is 5.69 Å². The fraction of sp³-hybridized carbons (Fsp3) is 0.692. The molecular formula is C13H19ClN2O2. The first-order chi connectivity index (χ1) is 8.41. The van der Waals surface area contributed by atoms with Crippen molar-refractivity contribution in [3.8, 4) is 0 Å². The van der Waals surface area contributed by atoms with Crippen LogP contribution >= 0.6 is 11.6 Å². The van der Waals surface area contributed by atoms with Gasteiger partial charge in [-0.15, -0.1) is 0 Å². The molecule has 2 rings (SSSR count). The van der Waals surface area contributed by atoms with E-state index in [0.717, 1.165) is 6.42 Å². The monoisotopic (exact) mass is 270 g/mol. The third-order valence-corrected chi connectivity index (χ3v) is 3.81. The van der Waals surface area contributed by atoms with Gasteiger partial charge in [-0.25, -0.2) is 4.79 Å². The second-order valence-electron chi connectivity index (χ2n) is 5.52. The van der Waals surface area contributed by atoms with Crippen molar-refractivity contribution in [3.63, 3.8) is 0 Å². The van der Waals surface area contributed by atoms with Crippen LogP contribution in [0.1, 0.15) is 57.6 Å². The Bertz CT molecular complexity index is 555. The van der Waals surface area contributed by atoms with Crippen molar-refractivity contribution in [1.82, 2.24) is 9.55 Å². The van der Waals surface area contributed by atoms with Gasteiger partial charge in [-0.3, -0.25) is 14.3 Å². The predicted molar refractivity (Wildman–Crippen MR) is 72.5 cm³/mol. The van der Waals surface area contributed by atoms with Crippen LogP contribution in [0.25, 0.3) is 0 Å². The molecule has 1 N–H and O–H groups in total. The number of nitrogens with zero attached hydrogens (tertiary/aromatic N) is 1. The Labute approximate surface area is 111 Å². The Morgan fingerprint density at radius 2 is 1.94 bits per heavy atom. The maximum absolute atomic E-state index is 12.4. The summed E-state index contributed by atoms with van der Waals surface area (Å²) in [7, 11) is 0. The molecule has 0 radical (unpaired) electrons. The number of hydrogen-bond donors (Lipinski definition) is 1. The molecule has 0 aliphatic heterocycles. The van der Waals surface area contributed by atoms with E-state index in [9.17, 15) is 9.59 Å².